The monoisotopic (exact) mass is 1430 g/mol. The van der Waals surface area contributed by atoms with Gasteiger partial charge in [0.2, 0.25) is 0 Å². The van der Waals surface area contributed by atoms with Crippen molar-refractivity contribution in [1.82, 2.24) is 0 Å². The Bertz CT molecular complexity index is 7460. The van der Waals surface area contributed by atoms with Crippen LogP contribution in [0.4, 0.5) is 34.1 Å². The lowest BCUT2D eigenvalue weighted by atomic mass is 9.92. The molecule has 4 aromatic heterocycles. The first-order chi connectivity index (χ1) is 54.9. The SMILES string of the molecule is Cc1cc(-c2ccc(N(c3ccc(-c4cccc5ccccc45)cc3)c3ccccc3-c3cccc4oc5cc(-c6cccc7c(-c8ccc(N(c9ccc(-c%10cccc%11c%10sc%10ccccc%10%11)cc9)c9ccccc9-c9cccc%10oc%11ccccc%11c9%10)cc8)cccc67)ccc5c34)cc2)c2c(c1)oc1ccccc12. The molecule has 0 bridgehead atoms. The van der Waals surface area contributed by atoms with Gasteiger partial charge in [-0.05, 0) is 210 Å². The van der Waals surface area contributed by atoms with Gasteiger partial charge in [-0.3, -0.25) is 0 Å². The maximum absolute atomic E-state index is 7.03. The van der Waals surface area contributed by atoms with Crippen molar-refractivity contribution in [2.45, 2.75) is 6.92 Å². The van der Waals surface area contributed by atoms with Gasteiger partial charge < -0.3 is 23.1 Å². The van der Waals surface area contributed by atoms with E-state index in [2.05, 4.69) is 387 Å². The van der Waals surface area contributed by atoms with Gasteiger partial charge in [-0.1, -0.05) is 273 Å². The molecule has 0 aliphatic rings. The van der Waals surface area contributed by atoms with E-state index in [9.17, 15) is 0 Å². The number of para-hydroxylation sites is 4. The third-order valence-corrected chi connectivity index (χ3v) is 23.8. The first kappa shape index (κ1) is 63.9. The predicted molar refractivity (Wildman–Crippen MR) is 468 cm³/mol. The van der Waals surface area contributed by atoms with Gasteiger partial charge in [0.15, 0.2) is 0 Å². The second kappa shape index (κ2) is 26.0. The number of rotatable bonds is 13. The van der Waals surface area contributed by atoms with Crippen LogP contribution in [0.1, 0.15) is 5.56 Å². The number of hydrogen-bond acceptors (Lipinski definition) is 6. The minimum Gasteiger partial charge on any atom is -0.456 e. The zero-order valence-corrected chi connectivity index (χ0v) is 61.2. The Morgan fingerprint density at radius 1 is 0.216 bits per heavy atom. The topological polar surface area (TPSA) is 45.9 Å². The standard InChI is InChI=1S/C105H66N2O3S/c1-65-62-92(104-90-27-7-12-40-96(90)109-100(104)63-65)70-50-59-75(60-51-70)107(72-53-44-67(45-54-72)77-28-14-21-66-20-2-3-22-76(66)77)94-38-10-5-24-84(94)87-35-19-42-98-103(87)91-61-52-71(64-99(91)110-98)79-30-16-32-81-78(29-15-33-82(79)81)68-46-55-73(56-47-68)106(74-57-48-69(49-58-74)80-31-17-36-88-85-25-8-13-43-101(85)111-105(80)88)93-37-9-4-23-83(93)86-34-18-41-97-102(86)89-26-6-11-39-95(89)108-97/h2-64H,1H3. The highest BCUT2D eigenvalue weighted by Gasteiger charge is 2.26. The van der Waals surface area contributed by atoms with Gasteiger partial charge in [-0.2, -0.15) is 0 Å². The Kier molecular flexibility index (Phi) is 15.0. The van der Waals surface area contributed by atoms with Crippen LogP contribution in [0.5, 0.6) is 0 Å². The molecule has 22 rings (SSSR count). The molecule has 6 heteroatoms. The fourth-order valence-electron chi connectivity index (χ4n) is 17.5. The molecule has 22 aromatic rings. The number of anilines is 6. The van der Waals surface area contributed by atoms with E-state index < -0.39 is 0 Å². The molecule has 111 heavy (non-hydrogen) atoms. The molecule has 0 saturated heterocycles. The van der Waals surface area contributed by atoms with Crippen molar-refractivity contribution >= 4 is 153 Å². The van der Waals surface area contributed by atoms with Crippen LogP contribution >= 0.6 is 11.3 Å². The molecule has 0 N–H and O–H groups in total. The van der Waals surface area contributed by atoms with Gasteiger partial charge in [-0.25, -0.2) is 0 Å². The number of nitrogens with zero attached hydrogens (tertiary/aromatic N) is 2. The lowest BCUT2D eigenvalue weighted by Gasteiger charge is -2.28. The summed E-state index contributed by atoms with van der Waals surface area (Å²) in [4.78, 5) is 4.82. The van der Waals surface area contributed by atoms with E-state index in [1.54, 1.807) is 0 Å². The van der Waals surface area contributed by atoms with Crippen molar-refractivity contribution < 1.29 is 13.3 Å². The van der Waals surface area contributed by atoms with Crippen LogP contribution in [0.2, 0.25) is 0 Å². The minimum absolute atomic E-state index is 0.826. The smallest absolute Gasteiger partial charge is 0.136 e. The Balaban J connectivity index is 0.624. The van der Waals surface area contributed by atoms with E-state index in [1.165, 1.54) is 53.0 Å². The average Bonchev–Trinajstić information content (AvgIpc) is 1.67. The number of benzene rings is 18. The molecule has 0 atom stereocenters. The van der Waals surface area contributed by atoms with E-state index in [-0.39, 0.29) is 0 Å². The highest BCUT2D eigenvalue weighted by atomic mass is 32.1. The molecule has 0 aliphatic heterocycles. The number of fused-ring (bicyclic) bond motifs is 14. The molecular weight excluding hydrogens is 1370 g/mol. The maximum Gasteiger partial charge on any atom is 0.136 e. The Morgan fingerprint density at radius 3 is 1.16 bits per heavy atom. The van der Waals surface area contributed by atoms with Crippen LogP contribution in [-0.4, -0.2) is 0 Å². The van der Waals surface area contributed by atoms with Crippen molar-refractivity contribution in [2.75, 3.05) is 9.80 Å². The van der Waals surface area contributed by atoms with E-state index in [1.807, 2.05) is 23.5 Å². The molecule has 0 unspecified atom stereocenters. The summed E-state index contributed by atoms with van der Waals surface area (Å²) in [5.74, 6) is 0. The second-order valence-electron chi connectivity index (χ2n) is 29.0. The number of furan rings is 3. The summed E-state index contributed by atoms with van der Waals surface area (Å²) >= 11 is 1.86. The summed E-state index contributed by atoms with van der Waals surface area (Å²) in [5.41, 5.74) is 28.5. The summed E-state index contributed by atoms with van der Waals surface area (Å²) in [5, 5.41) is 13.9. The molecular formula is C105H66N2O3S. The van der Waals surface area contributed by atoms with Crippen LogP contribution in [-0.2, 0) is 0 Å². The van der Waals surface area contributed by atoms with Crippen LogP contribution < -0.4 is 9.80 Å². The highest BCUT2D eigenvalue weighted by molar-refractivity contribution is 7.26. The molecule has 0 aliphatic carbocycles. The van der Waals surface area contributed by atoms with Gasteiger partial charge in [0.1, 0.15) is 33.5 Å². The number of hydrogen-bond donors (Lipinski definition) is 0. The zero-order valence-electron chi connectivity index (χ0n) is 60.4. The summed E-state index contributed by atoms with van der Waals surface area (Å²) in [7, 11) is 0. The van der Waals surface area contributed by atoms with Gasteiger partial charge in [0.25, 0.3) is 0 Å². The first-order valence-corrected chi connectivity index (χ1v) is 38.6. The van der Waals surface area contributed by atoms with Crippen LogP contribution in [0.25, 0.3) is 185 Å². The largest absolute Gasteiger partial charge is 0.456 e. The third-order valence-electron chi connectivity index (χ3n) is 22.6. The van der Waals surface area contributed by atoms with Crippen molar-refractivity contribution in [3.8, 4) is 77.9 Å². The number of thiophene rings is 1. The van der Waals surface area contributed by atoms with Crippen LogP contribution in [0.3, 0.4) is 0 Å². The average molecular weight is 1440 g/mol. The molecule has 0 fully saturated rings. The van der Waals surface area contributed by atoms with Crippen LogP contribution in [0, 0.1) is 6.92 Å². The summed E-state index contributed by atoms with van der Waals surface area (Å²) in [6, 6.07) is 139. The third kappa shape index (κ3) is 10.7. The van der Waals surface area contributed by atoms with Crippen molar-refractivity contribution in [1.29, 1.82) is 0 Å². The van der Waals surface area contributed by atoms with Gasteiger partial charge in [-0.15, -0.1) is 11.3 Å². The fourth-order valence-corrected chi connectivity index (χ4v) is 18.7. The Labute approximate surface area is 644 Å². The van der Waals surface area contributed by atoms with E-state index >= 15 is 0 Å². The van der Waals surface area contributed by atoms with Gasteiger partial charge in [0.05, 0.1) is 11.4 Å². The van der Waals surface area contributed by atoms with Crippen molar-refractivity contribution in [3.05, 3.63) is 388 Å². The minimum atomic E-state index is 0.826. The van der Waals surface area contributed by atoms with Crippen LogP contribution in [0.15, 0.2) is 395 Å². The number of aryl methyl sites for hydroxylation is 1. The van der Waals surface area contributed by atoms with E-state index in [4.69, 9.17) is 13.3 Å². The normalized spacial score (nSPS) is 11.8. The Morgan fingerprint density at radius 2 is 0.577 bits per heavy atom. The van der Waals surface area contributed by atoms with E-state index in [0.717, 1.165) is 172 Å². The summed E-state index contributed by atoms with van der Waals surface area (Å²) in [6.07, 6.45) is 0. The second-order valence-corrected chi connectivity index (χ2v) is 30.0. The first-order valence-electron chi connectivity index (χ1n) is 37.8. The van der Waals surface area contributed by atoms with E-state index in [0.29, 0.717) is 0 Å². The van der Waals surface area contributed by atoms with Crippen molar-refractivity contribution in [2.24, 2.45) is 0 Å². The molecule has 0 amide bonds. The molecule has 5 nitrogen and oxygen atoms in total. The molecule has 0 radical (unpaired) electrons. The molecule has 4 heterocycles. The molecule has 0 saturated carbocycles. The summed E-state index contributed by atoms with van der Waals surface area (Å²) in [6.45, 7) is 2.14. The Hall–Kier alpha value is -14.3. The molecule has 0 spiro atoms. The van der Waals surface area contributed by atoms with Gasteiger partial charge >= 0.3 is 0 Å². The predicted octanol–water partition coefficient (Wildman–Crippen LogP) is 31.0. The quantitative estimate of drug-likeness (QED) is 0.115. The zero-order chi connectivity index (χ0) is 73.2. The maximum atomic E-state index is 7.03. The fraction of sp³-hybridized carbons (Fsp3) is 0.00952. The van der Waals surface area contributed by atoms with Crippen molar-refractivity contribution in [3.63, 3.8) is 0 Å². The highest BCUT2D eigenvalue weighted by Crippen LogP contribution is 2.51. The van der Waals surface area contributed by atoms with Gasteiger partial charge in [0, 0.05) is 86.4 Å². The molecule has 18 aromatic carbocycles. The lowest BCUT2D eigenvalue weighted by Crippen LogP contribution is -2.11. The summed E-state index contributed by atoms with van der Waals surface area (Å²) < 4.78 is 22.6. The lowest BCUT2D eigenvalue weighted by molar-refractivity contribution is 0.668. The molecule has 520 valence electrons.